The number of benzene rings is 1. The van der Waals surface area contributed by atoms with E-state index >= 15 is 0 Å². The van der Waals surface area contributed by atoms with Gasteiger partial charge in [0.2, 0.25) is 0 Å². The SMILES string of the molecule is CC1(C)CC(Cc2ccc(Br)cc2F)=CC(N)C1. The van der Waals surface area contributed by atoms with Crippen molar-refractivity contribution in [2.75, 3.05) is 0 Å². The summed E-state index contributed by atoms with van der Waals surface area (Å²) in [6.45, 7) is 4.44. The number of rotatable bonds is 2. The molecule has 0 aromatic heterocycles. The lowest BCUT2D eigenvalue weighted by Crippen LogP contribution is -2.31. The van der Waals surface area contributed by atoms with Crippen molar-refractivity contribution >= 4 is 15.9 Å². The molecule has 2 rings (SSSR count). The minimum absolute atomic E-state index is 0.0993. The van der Waals surface area contributed by atoms with E-state index in [9.17, 15) is 4.39 Å². The molecule has 0 saturated heterocycles. The Kier molecular flexibility index (Phi) is 3.93. The van der Waals surface area contributed by atoms with E-state index in [0.29, 0.717) is 6.42 Å². The smallest absolute Gasteiger partial charge is 0.127 e. The van der Waals surface area contributed by atoms with Crippen LogP contribution in [-0.2, 0) is 6.42 Å². The van der Waals surface area contributed by atoms with Crippen molar-refractivity contribution < 1.29 is 4.39 Å². The van der Waals surface area contributed by atoms with Gasteiger partial charge in [-0.1, -0.05) is 47.5 Å². The Labute approximate surface area is 116 Å². The van der Waals surface area contributed by atoms with Gasteiger partial charge in [-0.2, -0.15) is 0 Å². The highest BCUT2D eigenvalue weighted by atomic mass is 79.9. The van der Waals surface area contributed by atoms with Crippen LogP contribution in [-0.4, -0.2) is 6.04 Å². The van der Waals surface area contributed by atoms with Crippen LogP contribution in [0.5, 0.6) is 0 Å². The minimum atomic E-state index is -0.151. The molecule has 98 valence electrons. The highest BCUT2D eigenvalue weighted by Gasteiger charge is 2.27. The van der Waals surface area contributed by atoms with Gasteiger partial charge in [0.05, 0.1) is 0 Å². The standard InChI is InChI=1S/C15H19BrFN/c1-15(2)8-10(6-13(18)9-15)5-11-3-4-12(16)7-14(11)17/h3-4,6-7,13H,5,8-9,18H2,1-2H3. The Morgan fingerprint density at radius 3 is 2.78 bits per heavy atom. The zero-order valence-corrected chi connectivity index (χ0v) is 12.4. The van der Waals surface area contributed by atoms with Gasteiger partial charge in [-0.25, -0.2) is 4.39 Å². The summed E-state index contributed by atoms with van der Waals surface area (Å²) in [4.78, 5) is 0. The summed E-state index contributed by atoms with van der Waals surface area (Å²) in [6, 6.07) is 5.34. The van der Waals surface area contributed by atoms with Crippen molar-refractivity contribution in [3.63, 3.8) is 0 Å². The topological polar surface area (TPSA) is 26.0 Å². The highest BCUT2D eigenvalue weighted by Crippen LogP contribution is 2.36. The van der Waals surface area contributed by atoms with Crippen LogP contribution in [0.3, 0.4) is 0 Å². The van der Waals surface area contributed by atoms with Crippen molar-refractivity contribution in [2.24, 2.45) is 11.1 Å². The molecule has 1 aliphatic rings. The zero-order valence-electron chi connectivity index (χ0n) is 10.8. The van der Waals surface area contributed by atoms with Crippen molar-refractivity contribution in [1.29, 1.82) is 0 Å². The fourth-order valence-corrected chi connectivity index (χ4v) is 3.11. The summed E-state index contributed by atoms with van der Waals surface area (Å²) in [7, 11) is 0. The van der Waals surface area contributed by atoms with Crippen LogP contribution in [0.4, 0.5) is 4.39 Å². The van der Waals surface area contributed by atoms with Crippen LogP contribution in [0.25, 0.3) is 0 Å². The molecule has 1 unspecified atom stereocenters. The second-order valence-electron chi connectivity index (χ2n) is 5.95. The van der Waals surface area contributed by atoms with Gasteiger partial charge in [-0.15, -0.1) is 0 Å². The third kappa shape index (κ3) is 3.42. The van der Waals surface area contributed by atoms with Crippen molar-refractivity contribution in [1.82, 2.24) is 0 Å². The second kappa shape index (κ2) is 5.14. The number of hydrogen-bond acceptors (Lipinski definition) is 1. The molecule has 0 bridgehead atoms. The predicted octanol–water partition coefficient (Wildman–Crippen LogP) is 4.20. The fourth-order valence-electron chi connectivity index (χ4n) is 2.78. The minimum Gasteiger partial charge on any atom is -0.324 e. The first kappa shape index (κ1) is 13.8. The Bertz CT molecular complexity index is 479. The number of allylic oxidation sites excluding steroid dienone is 1. The molecule has 0 saturated carbocycles. The largest absolute Gasteiger partial charge is 0.324 e. The first-order valence-electron chi connectivity index (χ1n) is 6.25. The molecule has 1 aromatic carbocycles. The normalized spacial score (nSPS) is 22.7. The van der Waals surface area contributed by atoms with Gasteiger partial charge >= 0.3 is 0 Å². The van der Waals surface area contributed by atoms with Crippen LogP contribution >= 0.6 is 15.9 Å². The summed E-state index contributed by atoms with van der Waals surface area (Å²) in [5, 5.41) is 0. The Hall–Kier alpha value is -0.670. The van der Waals surface area contributed by atoms with E-state index in [1.165, 1.54) is 11.6 Å². The molecule has 0 heterocycles. The maximum absolute atomic E-state index is 13.8. The zero-order chi connectivity index (χ0) is 13.3. The third-order valence-corrected chi connectivity index (χ3v) is 3.87. The lowest BCUT2D eigenvalue weighted by Gasteiger charge is -2.33. The molecule has 18 heavy (non-hydrogen) atoms. The van der Waals surface area contributed by atoms with Crippen LogP contribution in [0.2, 0.25) is 0 Å². The number of hydrogen-bond donors (Lipinski definition) is 1. The molecule has 1 aliphatic carbocycles. The average Bonchev–Trinajstić information content (AvgIpc) is 2.19. The molecule has 1 nitrogen and oxygen atoms in total. The van der Waals surface area contributed by atoms with Gasteiger partial charge in [-0.05, 0) is 42.4 Å². The van der Waals surface area contributed by atoms with Gasteiger partial charge in [0.1, 0.15) is 5.82 Å². The first-order chi connectivity index (χ1) is 8.35. The van der Waals surface area contributed by atoms with Gasteiger partial charge in [-0.3, -0.25) is 0 Å². The van der Waals surface area contributed by atoms with E-state index < -0.39 is 0 Å². The second-order valence-corrected chi connectivity index (χ2v) is 6.86. The summed E-state index contributed by atoms with van der Waals surface area (Å²) in [5.41, 5.74) is 8.25. The third-order valence-electron chi connectivity index (χ3n) is 3.38. The van der Waals surface area contributed by atoms with Gasteiger partial charge in [0, 0.05) is 10.5 Å². The molecule has 0 aliphatic heterocycles. The van der Waals surface area contributed by atoms with E-state index in [0.717, 1.165) is 22.9 Å². The molecule has 0 radical (unpaired) electrons. The van der Waals surface area contributed by atoms with Crippen LogP contribution in [0, 0.1) is 11.2 Å². The Morgan fingerprint density at radius 1 is 1.44 bits per heavy atom. The molecule has 3 heteroatoms. The molecular formula is C15H19BrFN. The first-order valence-corrected chi connectivity index (χ1v) is 7.04. The van der Waals surface area contributed by atoms with Crippen LogP contribution in [0.15, 0.2) is 34.3 Å². The molecule has 1 atom stereocenters. The van der Waals surface area contributed by atoms with Crippen molar-refractivity contribution in [2.45, 2.75) is 39.2 Å². The molecule has 2 N–H and O–H groups in total. The van der Waals surface area contributed by atoms with Crippen molar-refractivity contribution in [3.8, 4) is 0 Å². The van der Waals surface area contributed by atoms with Gasteiger partial charge < -0.3 is 5.73 Å². The van der Waals surface area contributed by atoms with Crippen LogP contribution in [0.1, 0.15) is 32.3 Å². The van der Waals surface area contributed by atoms with Gasteiger partial charge in [0.15, 0.2) is 0 Å². The van der Waals surface area contributed by atoms with E-state index in [4.69, 9.17) is 5.73 Å². The Balaban J connectivity index is 2.18. The monoisotopic (exact) mass is 311 g/mol. The number of halogens is 2. The summed E-state index contributed by atoms with van der Waals surface area (Å²) in [6.07, 6.45) is 4.76. The Morgan fingerprint density at radius 2 is 2.17 bits per heavy atom. The van der Waals surface area contributed by atoms with E-state index in [2.05, 4.69) is 35.9 Å². The average molecular weight is 312 g/mol. The lowest BCUT2D eigenvalue weighted by atomic mass is 9.74. The van der Waals surface area contributed by atoms with Crippen molar-refractivity contribution in [3.05, 3.63) is 45.7 Å². The predicted molar refractivity (Wildman–Crippen MR) is 76.9 cm³/mol. The maximum Gasteiger partial charge on any atom is 0.127 e. The molecule has 0 fully saturated rings. The van der Waals surface area contributed by atoms with E-state index in [1.807, 2.05) is 12.1 Å². The maximum atomic E-state index is 13.8. The molecule has 1 aromatic rings. The quantitative estimate of drug-likeness (QED) is 0.814. The highest BCUT2D eigenvalue weighted by molar-refractivity contribution is 9.10. The van der Waals surface area contributed by atoms with E-state index in [1.54, 1.807) is 0 Å². The summed E-state index contributed by atoms with van der Waals surface area (Å²) < 4.78 is 14.6. The van der Waals surface area contributed by atoms with Gasteiger partial charge in [0.25, 0.3) is 0 Å². The van der Waals surface area contributed by atoms with E-state index in [-0.39, 0.29) is 17.3 Å². The summed E-state index contributed by atoms with van der Waals surface area (Å²) >= 11 is 3.27. The fraction of sp³-hybridized carbons (Fsp3) is 0.467. The summed E-state index contributed by atoms with van der Waals surface area (Å²) in [5.74, 6) is -0.151. The molecule has 0 amide bonds. The lowest BCUT2D eigenvalue weighted by molar-refractivity contribution is 0.299. The van der Waals surface area contributed by atoms with Crippen LogP contribution < -0.4 is 5.73 Å². The number of nitrogens with two attached hydrogens (primary N) is 1. The molecule has 0 spiro atoms. The molecular weight excluding hydrogens is 293 g/mol.